The van der Waals surface area contributed by atoms with Crippen LogP contribution in [0.15, 0.2) is 118 Å². The Morgan fingerprint density at radius 3 is 2.21 bits per heavy atom. The SMILES string of the molecule is COc1ccc(Oc2ccc(N3C(=S)N[C@@H](c4ccccn4)[C@@H]3c3ccc(-c4ccc(Br)cc4)o3)cc2)cc1. The van der Waals surface area contributed by atoms with E-state index in [1.165, 1.54) is 0 Å². The highest BCUT2D eigenvalue weighted by Crippen LogP contribution is 2.43. The molecule has 2 aromatic heterocycles. The second-order valence-electron chi connectivity index (χ2n) is 8.98. The molecule has 3 heterocycles. The molecule has 194 valence electrons. The van der Waals surface area contributed by atoms with Crippen molar-refractivity contribution in [2.24, 2.45) is 0 Å². The predicted octanol–water partition coefficient (Wildman–Crippen LogP) is 8.08. The summed E-state index contributed by atoms with van der Waals surface area (Å²) in [4.78, 5) is 6.70. The zero-order chi connectivity index (χ0) is 26.8. The van der Waals surface area contributed by atoms with Crippen LogP contribution < -0.4 is 19.7 Å². The molecule has 6 nitrogen and oxygen atoms in total. The highest BCUT2D eigenvalue weighted by atomic mass is 79.9. The number of rotatable bonds is 7. The first-order valence-electron chi connectivity index (χ1n) is 12.4. The maximum atomic E-state index is 6.45. The van der Waals surface area contributed by atoms with Crippen molar-refractivity contribution >= 4 is 38.9 Å². The van der Waals surface area contributed by atoms with Gasteiger partial charge in [0.1, 0.15) is 34.8 Å². The van der Waals surface area contributed by atoms with E-state index in [9.17, 15) is 0 Å². The monoisotopic (exact) mass is 597 g/mol. The molecule has 0 amide bonds. The number of benzene rings is 3. The fourth-order valence-electron chi connectivity index (χ4n) is 4.66. The summed E-state index contributed by atoms with van der Waals surface area (Å²) in [5.74, 6) is 3.80. The zero-order valence-electron chi connectivity index (χ0n) is 21.0. The molecule has 1 saturated heterocycles. The van der Waals surface area contributed by atoms with Crippen LogP contribution in [0.2, 0.25) is 0 Å². The molecule has 0 unspecified atom stereocenters. The van der Waals surface area contributed by atoms with Gasteiger partial charge in [-0.25, -0.2) is 0 Å². The lowest BCUT2D eigenvalue weighted by molar-refractivity contribution is 0.413. The Morgan fingerprint density at radius 1 is 0.846 bits per heavy atom. The summed E-state index contributed by atoms with van der Waals surface area (Å²) in [5, 5.41) is 4.07. The molecule has 0 bridgehead atoms. The molecule has 39 heavy (non-hydrogen) atoms. The Morgan fingerprint density at radius 2 is 1.54 bits per heavy atom. The van der Waals surface area contributed by atoms with Crippen LogP contribution in [0, 0.1) is 0 Å². The Kier molecular flexibility index (Phi) is 7.04. The van der Waals surface area contributed by atoms with Crippen molar-refractivity contribution in [3.63, 3.8) is 0 Å². The first-order chi connectivity index (χ1) is 19.1. The number of nitrogens with zero attached hydrogens (tertiary/aromatic N) is 2. The Bertz CT molecular complexity index is 1570. The van der Waals surface area contributed by atoms with Gasteiger partial charge in [0.05, 0.1) is 18.8 Å². The van der Waals surface area contributed by atoms with E-state index in [2.05, 4.69) is 31.1 Å². The number of anilines is 1. The van der Waals surface area contributed by atoms with E-state index in [-0.39, 0.29) is 12.1 Å². The molecule has 1 aliphatic heterocycles. The molecule has 8 heteroatoms. The second kappa shape index (κ2) is 10.9. The lowest BCUT2D eigenvalue weighted by Gasteiger charge is -2.26. The number of thiocarbonyl (C=S) groups is 1. The van der Waals surface area contributed by atoms with Crippen molar-refractivity contribution in [1.29, 1.82) is 0 Å². The van der Waals surface area contributed by atoms with Gasteiger partial charge in [-0.3, -0.25) is 4.98 Å². The fraction of sp³-hybridized carbons (Fsp3) is 0.0968. The number of nitrogens with one attached hydrogen (secondary N) is 1. The molecule has 0 saturated carbocycles. The summed E-state index contributed by atoms with van der Waals surface area (Å²) in [5.41, 5.74) is 2.80. The molecule has 6 rings (SSSR count). The van der Waals surface area contributed by atoms with Crippen LogP contribution in [0.4, 0.5) is 5.69 Å². The van der Waals surface area contributed by atoms with Gasteiger partial charge >= 0.3 is 0 Å². The quantitative estimate of drug-likeness (QED) is 0.190. The minimum atomic E-state index is -0.245. The molecule has 1 N–H and O–H groups in total. The van der Waals surface area contributed by atoms with Crippen LogP contribution in [0.3, 0.4) is 0 Å². The molecular weight excluding hydrogens is 574 g/mol. The van der Waals surface area contributed by atoms with Gasteiger partial charge in [0, 0.05) is 21.9 Å². The number of hydrogen-bond acceptors (Lipinski definition) is 5. The molecule has 1 aliphatic rings. The number of pyridine rings is 1. The second-order valence-corrected chi connectivity index (χ2v) is 10.3. The van der Waals surface area contributed by atoms with Crippen LogP contribution in [0.1, 0.15) is 23.5 Å². The third-order valence-corrected chi connectivity index (χ3v) is 7.40. The number of hydrogen-bond donors (Lipinski definition) is 1. The van der Waals surface area contributed by atoms with E-state index in [0.29, 0.717) is 5.11 Å². The summed E-state index contributed by atoms with van der Waals surface area (Å²) < 4.78 is 18.7. The van der Waals surface area contributed by atoms with E-state index >= 15 is 0 Å². The van der Waals surface area contributed by atoms with Crippen molar-refractivity contribution in [2.45, 2.75) is 12.1 Å². The molecule has 2 atom stereocenters. The zero-order valence-corrected chi connectivity index (χ0v) is 23.4. The third kappa shape index (κ3) is 5.26. The van der Waals surface area contributed by atoms with Gasteiger partial charge in [-0.15, -0.1) is 0 Å². The molecular formula is C31H24BrN3O3S. The normalized spacial score (nSPS) is 16.7. The van der Waals surface area contributed by atoms with E-state index in [1.807, 2.05) is 103 Å². The van der Waals surface area contributed by atoms with Crippen molar-refractivity contribution in [3.8, 4) is 28.6 Å². The number of furan rings is 1. The Balaban J connectivity index is 1.32. The Hall–Kier alpha value is -4.14. The molecule has 1 fully saturated rings. The maximum absolute atomic E-state index is 6.45. The van der Waals surface area contributed by atoms with Crippen molar-refractivity contribution < 1.29 is 13.9 Å². The lowest BCUT2D eigenvalue weighted by Crippen LogP contribution is -2.29. The van der Waals surface area contributed by atoms with Crippen LogP contribution >= 0.6 is 28.1 Å². The molecule has 0 spiro atoms. The van der Waals surface area contributed by atoms with Gasteiger partial charge < -0.3 is 24.1 Å². The minimum Gasteiger partial charge on any atom is -0.497 e. The minimum absolute atomic E-state index is 0.196. The summed E-state index contributed by atoms with van der Waals surface area (Å²) >= 11 is 9.35. The highest BCUT2D eigenvalue weighted by molar-refractivity contribution is 9.10. The molecule has 5 aromatic rings. The van der Waals surface area contributed by atoms with E-state index < -0.39 is 0 Å². The lowest BCUT2D eigenvalue weighted by atomic mass is 10.0. The fourth-order valence-corrected chi connectivity index (χ4v) is 5.27. The van der Waals surface area contributed by atoms with Crippen LogP contribution in [-0.2, 0) is 0 Å². The number of methoxy groups -OCH3 is 1. The summed E-state index contributed by atoms with van der Waals surface area (Å²) in [6, 6.07) is 32.9. The van der Waals surface area contributed by atoms with E-state index in [1.54, 1.807) is 13.3 Å². The number of aromatic nitrogens is 1. The first kappa shape index (κ1) is 25.2. The van der Waals surface area contributed by atoms with Gasteiger partial charge in [-0.05, 0) is 97.1 Å². The van der Waals surface area contributed by atoms with Crippen LogP contribution in [-0.4, -0.2) is 17.2 Å². The molecule has 3 aromatic carbocycles. The van der Waals surface area contributed by atoms with Gasteiger partial charge in [-0.2, -0.15) is 0 Å². The highest BCUT2D eigenvalue weighted by Gasteiger charge is 2.42. The molecule has 0 aliphatic carbocycles. The Labute approximate surface area is 240 Å². The van der Waals surface area contributed by atoms with Crippen LogP contribution in [0.5, 0.6) is 17.2 Å². The standard InChI is InChI=1S/C31H24BrN3O3S/c1-36-23-13-15-25(16-14-23)37-24-11-9-22(10-12-24)35-30(29(34-31(35)39)26-4-2-3-19-33-26)28-18-17-27(38-28)20-5-7-21(32)8-6-20/h2-19,29-30H,1H3,(H,34,39)/t29-,30-/m0/s1. The maximum Gasteiger partial charge on any atom is 0.174 e. The third-order valence-electron chi connectivity index (χ3n) is 6.56. The largest absolute Gasteiger partial charge is 0.497 e. The van der Waals surface area contributed by atoms with Crippen molar-refractivity contribution in [2.75, 3.05) is 12.0 Å². The average molecular weight is 599 g/mol. The molecule has 0 radical (unpaired) electrons. The summed E-state index contributed by atoms with van der Waals surface area (Å²) in [7, 11) is 1.64. The first-order valence-corrected chi connectivity index (χ1v) is 13.6. The van der Waals surface area contributed by atoms with Crippen LogP contribution in [0.25, 0.3) is 11.3 Å². The predicted molar refractivity (Wildman–Crippen MR) is 159 cm³/mol. The van der Waals surface area contributed by atoms with Gasteiger partial charge in [0.15, 0.2) is 5.11 Å². The average Bonchev–Trinajstić information content (AvgIpc) is 3.59. The summed E-state index contributed by atoms with van der Waals surface area (Å²) in [6.45, 7) is 0. The van der Waals surface area contributed by atoms with E-state index in [0.717, 1.165) is 50.2 Å². The smallest absolute Gasteiger partial charge is 0.174 e. The van der Waals surface area contributed by atoms with Crippen molar-refractivity contribution in [3.05, 3.63) is 125 Å². The number of halogens is 1. The van der Waals surface area contributed by atoms with Gasteiger partial charge in [-0.1, -0.05) is 34.1 Å². The van der Waals surface area contributed by atoms with Crippen molar-refractivity contribution in [1.82, 2.24) is 10.3 Å². The van der Waals surface area contributed by atoms with Gasteiger partial charge in [0.25, 0.3) is 0 Å². The summed E-state index contributed by atoms with van der Waals surface area (Å²) in [6.07, 6.45) is 1.79. The number of ether oxygens (including phenoxy) is 2. The van der Waals surface area contributed by atoms with E-state index in [4.69, 9.17) is 26.1 Å². The topological polar surface area (TPSA) is 59.8 Å². The van der Waals surface area contributed by atoms with Gasteiger partial charge in [0.2, 0.25) is 0 Å².